The molecule has 0 saturated heterocycles. The van der Waals surface area contributed by atoms with Crippen LogP contribution in [0.2, 0.25) is 0 Å². The lowest BCUT2D eigenvalue weighted by Crippen LogP contribution is -2.35. The summed E-state index contributed by atoms with van der Waals surface area (Å²) < 4.78 is 2.14. The Bertz CT molecular complexity index is 323. The Labute approximate surface area is 112 Å². The average Bonchev–Trinajstić information content (AvgIpc) is 2.73. The van der Waals surface area contributed by atoms with Crippen molar-refractivity contribution in [2.24, 2.45) is 0 Å². The van der Waals surface area contributed by atoms with Gasteiger partial charge in [-0.3, -0.25) is 4.68 Å². The molecule has 104 valence electrons. The van der Waals surface area contributed by atoms with Gasteiger partial charge in [-0.15, -0.1) is 0 Å². The normalized spacial score (nSPS) is 12.0. The molecule has 0 saturated carbocycles. The highest BCUT2D eigenvalue weighted by molar-refractivity contribution is 5.00. The van der Waals surface area contributed by atoms with Gasteiger partial charge in [-0.2, -0.15) is 5.10 Å². The van der Waals surface area contributed by atoms with E-state index in [0.29, 0.717) is 0 Å². The maximum atomic E-state index is 4.41. The smallest absolute Gasteiger partial charge is 0.0522 e. The zero-order valence-electron chi connectivity index (χ0n) is 12.5. The number of nitrogens with one attached hydrogen (secondary N) is 1. The van der Waals surface area contributed by atoms with Crippen molar-refractivity contribution >= 4 is 0 Å². The second-order valence-corrected chi connectivity index (χ2v) is 6.06. The minimum absolute atomic E-state index is 0.163. The molecule has 0 aliphatic heterocycles. The number of hydrogen-bond acceptors (Lipinski definition) is 2. The first-order chi connectivity index (χ1) is 8.53. The van der Waals surface area contributed by atoms with Gasteiger partial charge in [0.2, 0.25) is 0 Å². The number of hydrogen-bond donors (Lipinski definition) is 1. The summed E-state index contributed by atoms with van der Waals surface area (Å²) in [6, 6.07) is 2.12. The Morgan fingerprint density at radius 1 is 1.17 bits per heavy atom. The van der Waals surface area contributed by atoms with E-state index in [1.807, 2.05) is 6.20 Å². The van der Waals surface area contributed by atoms with Crippen molar-refractivity contribution in [1.29, 1.82) is 0 Å². The maximum absolute atomic E-state index is 4.41. The molecular formula is C15H29N3. The van der Waals surface area contributed by atoms with Crippen LogP contribution in [0.25, 0.3) is 0 Å². The molecule has 0 aliphatic carbocycles. The summed E-state index contributed by atoms with van der Waals surface area (Å²) in [5.41, 5.74) is 1.45. The number of nitrogens with zero attached hydrogens (tertiary/aromatic N) is 2. The highest BCUT2D eigenvalue weighted by Crippen LogP contribution is 2.07. The van der Waals surface area contributed by atoms with Crippen molar-refractivity contribution in [3.63, 3.8) is 0 Å². The third kappa shape index (κ3) is 6.20. The Morgan fingerprint density at radius 2 is 1.89 bits per heavy atom. The molecule has 1 heterocycles. The monoisotopic (exact) mass is 251 g/mol. The van der Waals surface area contributed by atoms with Crippen LogP contribution in [-0.2, 0) is 13.1 Å². The maximum Gasteiger partial charge on any atom is 0.0522 e. The fourth-order valence-electron chi connectivity index (χ4n) is 1.93. The van der Waals surface area contributed by atoms with Crippen molar-refractivity contribution in [2.75, 3.05) is 0 Å². The third-order valence-electron chi connectivity index (χ3n) is 3.08. The van der Waals surface area contributed by atoms with Crippen molar-refractivity contribution < 1.29 is 0 Å². The van der Waals surface area contributed by atoms with Gasteiger partial charge in [0.1, 0.15) is 0 Å². The fraction of sp³-hybridized carbons (Fsp3) is 0.800. The first kappa shape index (κ1) is 15.2. The quantitative estimate of drug-likeness (QED) is 0.713. The number of aromatic nitrogens is 2. The lowest BCUT2D eigenvalue weighted by atomic mass is 10.1. The van der Waals surface area contributed by atoms with Gasteiger partial charge < -0.3 is 5.32 Å². The minimum Gasteiger partial charge on any atom is -0.306 e. The SMILES string of the molecule is CCCCCCCn1nccc1CNC(C)(C)C. The van der Waals surface area contributed by atoms with E-state index in [-0.39, 0.29) is 5.54 Å². The summed E-state index contributed by atoms with van der Waals surface area (Å²) >= 11 is 0. The van der Waals surface area contributed by atoms with Crippen LogP contribution >= 0.6 is 0 Å². The topological polar surface area (TPSA) is 29.9 Å². The van der Waals surface area contributed by atoms with Gasteiger partial charge in [0, 0.05) is 24.8 Å². The number of rotatable bonds is 8. The standard InChI is InChI=1S/C15H29N3/c1-5-6-7-8-9-12-18-14(10-11-17-18)13-16-15(2,3)4/h10-11,16H,5-9,12-13H2,1-4H3. The molecular weight excluding hydrogens is 222 g/mol. The molecule has 1 aromatic rings. The third-order valence-corrected chi connectivity index (χ3v) is 3.08. The Morgan fingerprint density at radius 3 is 2.56 bits per heavy atom. The molecule has 0 radical (unpaired) electrons. The van der Waals surface area contributed by atoms with E-state index in [1.54, 1.807) is 0 Å². The summed E-state index contributed by atoms with van der Waals surface area (Å²) in [6.07, 6.45) is 8.49. The molecule has 3 nitrogen and oxygen atoms in total. The zero-order chi connectivity index (χ0) is 13.4. The summed E-state index contributed by atoms with van der Waals surface area (Å²) in [5, 5.41) is 7.93. The Hall–Kier alpha value is -0.830. The lowest BCUT2D eigenvalue weighted by Gasteiger charge is -2.20. The first-order valence-corrected chi connectivity index (χ1v) is 7.28. The molecule has 18 heavy (non-hydrogen) atoms. The van der Waals surface area contributed by atoms with Crippen LogP contribution in [0.5, 0.6) is 0 Å². The highest BCUT2D eigenvalue weighted by Gasteiger charge is 2.10. The number of aryl methyl sites for hydroxylation is 1. The summed E-state index contributed by atoms with van der Waals surface area (Å²) in [6.45, 7) is 10.8. The molecule has 3 heteroatoms. The molecule has 0 bridgehead atoms. The van der Waals surface area contributed by atoms with Crippen LogP contribution in [-0.4, -0.2) is 15.3 Å². The van der Waals surface area contributed by atoms with Gasteiger partial charge in [-0.05, 0) is 33.3 Å². The van der Waals surface area contributed by atoms with Crippen molar-refractivity contribution in [3.8, 4) is 0 Å². The molecule has 1 aromatic heterocycles. The van der Waals surface area contributed by atoms with Crippen LogP contribution in [0.4, 0.5) is 0 Å². The van der Waals surface area contributed by atoms with Crippen LogP contribution in [0.3, 0.4) is 0 Å². The van der Waals surface area contributed by atoms with Crippen LogP contribution < -0.4 is 5.32 Å². The molecule has 1 rings (SSSR count). The molecule has 0 aliphatic rings. The molecule has 0 amide bonds. The van der Waals surface area contributed by atoms with Gasteiger partial charge >= 0.3 is 0 Å². The van der Waals surface area contributed by atoms with Gasteiger partial charge in [-0.1, -0.05) is 32.6 Å². The Kier molecular flexibility index (Phi) is 6.41. The van der Waals surface area contributed by atoms with Crippen molar-refractivity contribution in [3.05, 3.63) is 18.0 Å². The van der Waals surface area contributed by atoms with Crippen LogP contribution in [0.15, 0.2) is 12.3 Å². The average molecular weight is 251 g/mol. The van der Waals surface area contributed by atoms with E-state index in [4.69, 9.17) is 0 Å². The van der Waals surface area contributed by atoms with Crippen molar-refractivity contribution in [2.45, 2.75) is 78.4 Å². The van der Waals surface area contributed by atoms with Gasteiger partial charge in [0.15, 0.2) is 0 Å². The van der Waals surface area contributed by atoms with E-state index in [0.717, 1.165) is 13.1 Å². The predicted molar refractivity (Wildman–Crippen MR) is 77.6 cm³/mol. The zero-order valence-corrected chi connectivity index (χ0v) is 12.5. The van der Waals surface area contributed by atoms with E-state index in [9.17, 15) is 0 Å². The van der Waals surface area contributed by atoms with Gasteiger partial charge in [0.05, 0.1) is 5.69 Å². The summed E-state index contributed by atoms with van der Waals surface area (Å²) in [7, 11) is 0. The molecule has 0 spiro atoms. The molecule has 0 atom stereocenters. The molecule has 0 unspecified atom stereocenters. The van der Waals surface area contributed by atoms with Gasteiger partial charge in [-0.25, -0.2) is 0 Å². The van der Waals surface area contributed by atoms with E-state index >= 15 is 0 Å². The molecule has 0 aromatic carbocycles. The van der Waals surface area contributed by atoms with E-state index < -0.39 is 0 Å². The fourth-order valence-corrected chi connectivity index (χ4v) is 1.93. The predicted octanol–water partition coefficient (Wildman–Crippen LogP) is 3.74. The van der Waals surface area contributed by atoms with Crippen molar-refractivity contribution in [1.82, 2.24) is 15.1 Å². The van der Waals surface area contributed by atoms with Gasteiger partial charge in [0.25, 0.3) is 0 Å². The van der Waals surface area contributed by atoms with Crippen LogP contribution in [0, 0.1) is 0 Å². The first-order valence-electron chi connectivity index (χ1n) is 7.28. The van der Waals surface area contributed by atoms with Crippen LogP contribution in [0.1, 0.15) is 65.5 Å². The molecule has 0 fully saturated rings. The highest BCUT2D eigenvalue weighted by atomic mass is 15.3. The summed E-state index contributed by atoms with van der Waals surface area (Å²) in [4.78, 5) is 0. The second-order valence-electron chi connectivity index (χ2n) is 6.06. The lowest BCUT2D eigenvalue weighted by molar-refractivity contribution is 0.408. The summed E-state index contributed by atoms with van der Waals surface area (Å²) in [5.74, 6) is 0. The largest absolute Gasteiger partial charge is 0.306 e. The number of unbranched alkanes of at least 4 members (excludes halogenated alkanes) is 4. The van der Waals surface area contributed by atoms with E-state index in [2.05, 4.69) is 48.9 Å². The minimum atomic E-state index is 0.163. The Balaban J connectivity index is 2.31. The second kappa shape index (κ2) is 7.57. The molecule has 1 N–H and O–H groups in total. The van der Waals surface area contributed by atoms with E-state index in [1.165, 1.54) is 37.8 Å².